The van der Waals surface area contributed by atoms with Crippen LogP contribution < -0.4 is 16.4 Å². The fourth-order valence-corrected chi connectivity index (χ4v) is 7.92. The van der Waals surface area contributed by atoms with Crippen LogP contribution in [0.2, 0.25) is 5.28 Å². The van der Waals surface area contributed by atoms with Crippen LogP contribution in [0.4, 0.5) is 57.4 Å². The number of rotatable bonds is 13. The molecule has 6 aromatic rings. The first-order chi connectivity index (χ1) is 28.8. The molecule has 0 atom stereocenters. The van der Waals surface area contributed by atoms with Gasteiger partial charge in [0.15, 0.2) is 5.75 Å². The average molecular weight is 952 g/mol. The SMILES string of the molecule is Nc1c(/N=N/c2ccc([N+](=O)[O-])cc2)c(S(=O)(=O)O)cc2cc(S(=O)(=O)O)c(/N=N/c3cc(Nc4nc(Cl)nc(Nc5cccc(S(=O)(=O)O)c5)n4)ccc3S(=O)(=O)O)c(O)c12. The number of nitrogens with zero attached hydrogens (tertiary/aromatic N) is 8. The highest BCUT2D eigenvalue weighted by atomic mass is 35.5. The molecule has 62 heavy (non-hydrogen) atoms. The minimum atomic E-state index is -5.43. The van der Waals surface area contributed by atoms with Gasteiger partial charge in [0.2, 0.25) is 17.2 Å². The highest BCUT2D eigenvalue weighted by Crippen LogP contribution is 2.48. The van der Waals surface area contributed by atoms with Crippen molar-refractivity contribution in [2.24, 2.45) is 20.5 Å². The predicted octanol–water partition coefficient (Wildman–Crippen LogP) is 6.18. The third-order valence-corrected chi connectivity index (χ3v) is 11.6. The third-order valence-electron chi connectivity index (χ3n) is 7.94. The van der Waals surface area contributed by atoms with Crippen LogP contribution in [0.15, 0.2) is 119 Å². The van der Waals surface area contributed by atoms with E-state index in [0.29, 0.717) is 12.1 Å². The fourth-order valence-electron chi connectivity index (χ4n) is 5.30. The van der Waals surface area contributed by atoms with E-state index in [9.17, 15) is 67.1 Å². The van der Waals surface area contributed by atoms with Crippen molar-refractivity contribution in [3.63, 3.8) is 0 Å². The van der Waals surface area contributed by atoms with Crippen molar-refractivity contribution in [1.29, 1.82) is 0 Å². The molecule has 0 aliphatic heterocycles. The van der Waals surface area contributed by atoms with E-state index in [4.69, 9.17) is 17.3 Å². The van der Waals surface area contributed by atoms with E-state index in [2.05, 4.69) is 46.0 Å². The molecule has 26 nitrogen and oxygen atoms in total. The van der Waals surface area contributed by atoms with Gasteiger partial charge in [-0.1, -0.05) is 6.07 Å². The van der Waals surface area contributed by atoms with Crippen LogP contribution in [-0.2, 0) is 40.5 Å². The number of fused-ring (bicyclic) bond motifs is 1. The van der Waals surface area contributed by atoms with Crippen molar-refractivity contribution in [2.75, 3.05) is 16.4 Å². The quantitative estimate of drug-likeness (QED) is 0.0210. The molecule has 0 saturated heterocycles. The number of nitrogen functional groups attached to an aromatic ring is 1. The molecule has 0 bridgehead atoms. The predicted molar refractivity (Wildman–Crippen MR) is 215 cm³/mol. The van der Waals surface area contributed by atoms with Crippen LogP contribution in [0.3, 0.4) is 0 Å². The maximum atomic E-state index is 12.6. The number of aromatic nitrogens is 3. The fraction of sp³-hybridized carbons (Fsp3) is 0. The van der Waals surface area contributed by atoms with Crippen LogP contribution in [-0.4, -0.2) is 76.9 Å². The van der Waals surface area contributed by atoms with Gasteiger partial charge in [-0.2, -0.15) is 53.7 Å². The van der Waals surface area contributed by atoms with Gasteiger partial charge in [-0.05, 0) is 77.7 Å². The van der Waals surface area contributed by atoms with E-state index in [1.807, 2.05) is 0 Å². The molecule has 1 heterocycles. The number of hydrogen-bond donors (Lipinski definition) is 8. The minimum Gasteiger partial charge on any atom is -0.505 e. The Morgan fingerprint density at radius 1 is 0.645 bits per heavy atom. The van der Waals surface area contributed by atoms with Crippen molar-refractivity contribution < 1.29 is 61.9 Å². The minimum absolute atomic E-state index is 0.0806. The van der Waals surface area contributed by atoms with E-state index in [0.717, 1.165) is 54.6 Å². The summed E-state index contributed by atoms with van der Waals surface area (Å²) >= 11 is 6.04. The van der Waals surface area contributed by atoms with E-state index < -0.39 is 110 Å². The smallest absolute Gasteiger partial charge is 0.296 e. The van der Waals surface area contributed by atoms with Gasteiger partial charge in [-0.3, -0.25) is 28.3 Å². The summed E-state index contributed by atoms with van der Waals surface area (Å²) < 4.78 is 137. The number of nitro groups is 1. The lowest BCUT2D eigenvalue weighted by Crippen LogP contribution is -2.05. The van der Waals surface area contributed by atoms with E-state index in [1.165, 1.54) is 12.1 Å². The van der Waals surface area contributed by atoms with Crippen molar-refractivity contribution in [1.82, 2.24) is 15.0 Å². The molecule has 0 unspecified atom stereocenters. The average Bonchev–Trinajstić information content (AvgIpc) is 3.15. The molecule has 0 amide bonds. The molecule has 6 rings (SSSR count). The summed E-state index contributed by atoms with van der Waals surface area (Å²) in [5.74, 6) is -1.82. The number of phenols is 1. The van der Waals surface area contributed by atoms with Gasteiger partial charge < -0.3 is 21.5 Å². The van der Waals surface area contributed by atoms with Crippen LogP contribution in [0.5, 0.6) is 5.75 Å². The van der Waals surface area contributed by atoms with Gasteiger partial charge in [0.05, 0.1) is 26.6 Å². The Morgan fingerprint density at radius 2 is 1.19 bits per heavy atom. The Morgan fingerprint density at radius 3 is 1.74 bits per heavy atom. The molecule has 322 valence electrons. The number of nitro benzene ring substituents is 1. The first-order valence-corrected chi connectivity index (χ1v) is 22.2. The van der Waals surface area contributed by atoms with Crippen molar-refractivity contribution in [2.45, 2.75) is 19.6 Å². The van der Waals surface area contributed by atoms with Gasteiger partial charge in [-0.15, -0.1) is 15.3 Å². The maximum absolute atomic E-state index is 12.6. The molecular weight excluding hydrogens is 930 g/mol. The number of azo groups is 2. The first kappa shape index (κ1) is 44.6. The number of nitrogens with two attached hydrogens (primary N) is 1. The number of phenolic OH excluding ortho intramolecular Hbond substituents is 1. The Hall–Kier alpha value is -6.90. The summed E-state index contributed by atoms with van der Waals surface area (Å²) in [5, 5.41) is 40.9. The molecule has 1 aromatic heterocycles. The first-order valence-electron chi connectivity index (χ1n) is 16.1. The number of halogens is 1. The van der Waals surface area contributed by atoms with Crippen molar-refractivity contribution >= 4 is 120 Å². The summed E-state index contributed by atoms with van der Waals surface area (Å²) in [6.07, 6.45) is 0. The van der Waals surface area contributed by atoms with Crippen LogP contribution >= 0.6 is 11.6 Å². The maximum Gasteiger partial charge on any atom is 0.296 e. The molecule has 31 heteroatoms. The summed E-state index contributed by atoms with van der Waals surface area (Å²) in [6.45, 7) is 0. The Labute approximate surface area is 352 Å². The Bertz CT molecular complexity index is 3380. The zero-order valence-electron chi connectivity index (χ0n) is 30.0. The van der Waals surface area contributed by atoms with E-state index in [1.54, 1.807) is 0 Å². The van der Waals surface area contributed by atoms with Gasteiger partial charge >= 0.3 is 0 Å². The second-order valence-corrected chi connectivity index (χ2v) is 18.0. The zero-order valence-corrected chi connectivity index (χ0v) is 34.0. The molecular formula is C31H22ClN11O15S4. The number of nitrogens with one attached hydrogen (secondary N) is 2. The largest absolute Gasteiger partial charge is 0.505 e. The number of aromatic hydroxyl groups is 1. The molecule has 9 N–H and O–H groups in total. The standard InChI is InChI=1S/C31H22ClN11O15S4/c32-29-36-30(34-16-2-1-3-19(12-16)59(47,48)49)38-31(37-29)35-17-6-9-21(60(50,51)52)20(13-17)40-42-27-23(62(56,57)58)11-14-10-22(61(53,54)55)26(25(33)24(14)28(27)44)41-39-15-4-7-18(8-5-15)43(45)46/h1-13,44H,33H2,(H,47,48,49)(H,50,51,52)(H,53,54,55)(H,56,57,58)(H2,34,35,36,37,38)/b41-39+,42-40+. The summed E-state index contributed by atoms with van der Waals surface area (Å²) in [5.41, 5.74) is 2.26. The topological polar surface area (TPSA) is 419 Å². The molecule has 0 spiro atoms. The van der Waals surface area contributed by atoms with E-state index >= 15 is 0 Å². The Kier molecular flexibility index (Phi) is 11.9. The second kappa shape index (κ2) is 16.5. The molecule has 0 aliphatic rings. The van der Waals surface area contributed by atoms with Crippen molar-refractivity contribution in [3.8, 4) is 5.75 Å². The van der Waals surface area contributed by atoms with Gasteiger partial charge in [-0.25, -0.2) is 0 Å². The highest BCUT2D eigenvalue weighted by molar-refractivity contribution is 7.86. The van der Waals surface area contributed by atoms with E-state index in [-0.39, 0.29) is 34.6 Å². The lowest BCUT2D eigenvalue weighted by Gasteiger charge is -2.14. The highest BCUT2D eigenvalue weighted by Gasteiger charge is 2.28. The number of anilines is 5. The van der Waals surface area contributed by atoms with Crippen LogP contribution in [0, 0.1) is 10.1 Å². The molecule has 0 saturated carbocycles. The van der Waals surface area contributed by atoms with Crippen LogP contribution in [0.1, 0.15) is 0 Å². The number of benzene rings is 5. The molecule has 0 radical (unpaired) electrons. The summed E-state index contributed by atoms with van der Waals surface area (Å²) in [6, 6.07) is 13.1. The summed E-state index contributed by atoms with van der Waals surface area (Å²) in [7, 11) is -20.4. The Balaban J connectivity index is 1.45. The van der Waals surface area contributed by atoms with Gasteiger partial charge in [0, 0.05) is 23.5 Å². The molecule has 0 aliphatic carbocycles. The molecule has 5 aromatic carbocycles. The molecule has 0 fully saturated rings. The summed E-state index contributed by atoms with van der Waals surface area (Å²) in [4.78, 5) is 18.4. The van der Waals surface area contributed by atoms with Gasteiger partial charge in [0.1, 0.15) is 31.7 Å². The van der Waals surface area contributed by atoms with Crippen LogP contribution in [0.25, 0.3) is 10.8 Å². The monoisotopic (exact) mass is 951 g/mol. The number of hydrogen-bond acceptors (Lipinski definition) is 21. The van der Waals surface area contributed by atoms with Crippen molar-refractivity contribution in [3.05, 3.63) is 94.3 Å². The second-order valence-electron chi connectivity index (χ2n) is 12.1. The lowest BCUT2D eigenvalue weighted by atomic mass is 10.1. The lowest BCUT2D eigenvalue weighted by molar-refractivity contribution is -0.384. The number of non-ortho nitro benzene ring substituents is 1. The van der Waals surface area contributed by atoms with Gasteiger partial charge in [0.25, 0.3) is 46.2 Å². The third kappa shape index (κ3) is 9.99. The normalized spacial score (nSPS) is 12.6. The zero-order chi connectivity index (χ0) is 45.5.